The van der Waals surface area contributed by atoms with E-state index in [0.717, 1.165) is 32.1 Å². The van der Waals surface area contributed by atoms with Gasteiger partial charge in [0.25, 0.3) is 0 Å². The van der Waals surface area contributed by atoms with E-state index in [0.29, 0.717) is 24.1 Å². The summed E-state index contributed by atoms with van der Waals surface area (Å²) in [6.45, 7) is 5.68. The van der Waals surface area contributed by atoms with Gasteiger partial charge in [0.15, 0.2) is 0 Å². The molecule has 0 aliphatic heterocycles. The van der Waals surface area contributed by atoms with Gasteiger partial charge in [-0.25, -0.2) is 4.57 Å². The van der Waals surface area contributed by atoms with Gasteiger partial charge in [0, 0.05) is 13.0 Å². The van der Waals surface area contributed by atoms with E-state index in [4.69, 9.17) is 18.5 Å². The maximum absolute atomic E-state index is 12.7. The van der Waals surface area contributed by atoms with Crippen molar-refractivity contribution in [2.75, 3.05) is 54.1 Å². The van der Waals surface area contributed by atoms with Gasteiger partial charge < -0.3 is 18.9 Å². The normalized spacial score (nSPS) is 13.7. The number of likely N-dealkylation sites (N-methyl/N-ethyl adjacent to an activating group) is 1. The molecule has 0 rings (SSSR count). The minimum absolute atomic E-state index is 0.0939. The highest BCUT2D eigenvalue weighted by atomic mass is 31.2. The van der Waals surface area contributed by atoms with Crippen molar-refractivity contribution in [2.24, 2.45) is 0 Å². The van der Waals surface area contributed by atoms with E-state index in [-0.39, 0.29) is 25.8 Å². The zero-order chi connectivity index (χ0) is 39.1. The monoisotopic (exact) mass is 777 g/mol. The van der Waals surface area contributed by atoms with Crippen LogP contribution < -0.4 is 0 Å². The van der Waals surface area contributed by atoms with Crippen molar-refractivity contribution < 1.29 is 37.3 Å². The first kappa shape index (κ1) is 52.5. The molecule has 0 saturated heterocycles. The van der Waals surface area contributed by atoms with Gasteiger partial charge >= 0.3 is 13.8 Å². The zero-order valence-corrected chi connectivity index (χ0v) is 36.9. The highest BCUT2D eigenvalue weighted by molar-refractivity contribution is 7.47. The molecule has 9 heteroatoms. The fraction of sp³-hybridized carbons (Fsp3) is 0.977. The Labute approximate surface area is 329 Å². The number of hydrogen-bond donors (Lipinski definition) is 1. The molecule has 53 heavy (non-hydrogen) atoms. The highest BCUT2D eigenvalue weighted by Crippen LogP contribution is 2.43. The molecule has 0 aliphatic rings. The summed E-state index contributed by atoms with van der Waals surface area (Å²) in [5.74, 6) is -0.307. The molecule has 0 aliphatic carbocycles. The molecule has 1 N–H and O–H groups in total. The van der Waals surface area contributed by atoms with E-state index in [1.807, 2.05) is 21.1 Å². The number of phosphoric acid groups is 1. The van der Waals surface area contributed by atoms with Crippen LogP contribution in [0.4, 0.5) is 0 Å². The van der Waals surface area contributed by atoms with Crippen molar-refractivity contribution in [2.45, 2.75) is 225 Å². The molecule has 0 saturated carbocycles. The number of unbranched alkanes of at least 4 members (excludes halogenated alkanes) is 29. The first-order chi connectivity index (χ1) is 25.6. The lowest BCUT2D eigenvalue weighted by Gasteiger charge is -2.24. The summed E-state index contributed by atoms with van der Waals surface area (Å²) >= 11 is 0. The van der Waals surface area contributed by atoms with Crippen LogP contribution in [-0.2, 0) is 27.9 Å². The highest BCUT2D eigenvalue weighted by Gasteiger charge is 2.26. The number of carbonyl (C=O) groups is 1. The van der Waals surface area contributed by atoms with Crippen molar-refractivity contribution in [3.8, 4) is 0 Å². The second kappa shape index (κ2) is 38.4. The fourth-order valence-electron chi connectivity index (χ4n) is 6.61. The smallest absolute Gasteiger partial charge is 0.457 e. The summed E-state index contributed by atoms with van der Waals surface area (Å²) in [6.07, 6.45) is 39.8. The lowest BCUT2D eigenvalue weighted by Crippen LogP contribution is -2.37. The predicted molar refractivity (Wildman–Crippen MR) is 224 cm³/mol. The lowest BCUT2D eigenvalue weighted by molar-refractivity contribution is -0.870. The first-order valence-corrected chi connectivity index (χ1v) is 24.3. The molecule has 0 spiro atoms. The second-order valence-corrected chi connectivity index (χ2v) is 18.3. The van der Waals surface area contributed by atoms with Crippen LogP contribution in [-0.4, -0.2) is 75.6 Å². The number of esters is 1. The van der Waals surface area contributed by atoms with E-state index in [1.54, 1.807) is 0 Å². The third kappa shape index (κ3) is 42.5. The largest absolute Gasteiger partial charge is 0.472 e. The maximum Gasteiger partial charge on any atom is 0.472 e. The standard InChI is InChI=1S/C44H90NO7P/c1-6-8-10-12-14-16-18-20-22-23-24-25-27-29-31-33-35-37-44(46)52-43(42-51-53(47,48)50-40-38-45(3,4)5)41-49-39-36-34-32-30-28-26-21-19-17-15-13-11-9-7-2/h43H,6-42H2,1-5H3/p+1/t43-/m1/s1. The number of phosphoric ester groups is 1. The molecule has 318 valence electrons. The Kier molecular flexibility index (Phi) is 38.0. The van der Waals surface area contributed by atoms with E-state index >= 15 is 0 Å². The third-order valence-corrected chi connectivity index (χ3v) is 11.2. The summed E-state index contributed by atoms with van der Waals surface area (Å²) in [7, 11) is 1.69. The summed E-state index contributed by atoms with van der Waals surface area (Å²) in [5, 5.41) is 0. The molecule has 1 unspecified atom stereocenters. The molecule has 0 aromatic heterocycles. The van der Waals surface area contributed by atoms with Crippen LogP contribution in [0.15, 0.2) is 0 Å². The molecule has 0 bridgehead atoms. The zero-order valence-electron chi connectivity index (χ0n) is 36.0. The van der Waals surface area contributed by atoms with Crippen molar-refractivity contribution in [1.82, 2.24) is 0 Å². The summed E-state index contributed by atoms with van der Waals surface area (Å²) in [5.41, 5.74) is 0. The van der Waals surface area contributed by atoms with Crippen LogP contribution in [0, 0.1) is 0 Å². The van der Waals surface area contributed by atoms with Gasteiger partial charge in [-0.3, -0.25) is 13.8 Å². The van der Waals surface area contributed by atoms with Crippen LogP contribution in [0.25, 0.3) is 0 Å². The van der Waals surface area contributed by atoms with Gasteiger partial charge in [-0.2, -0.15) is 0 Å². The van der Waals surface area contributed by atoms with Crippen molar-refractivity contribution >= 4 is 13.8 Å². The average Bonchev–Trinajstić information content (AvgIpc) is 3.11. The van der Waals surface area contributed by atoms with Crippen LogP contribution in [0.1, 0.15) is 219 Å². The van der Waals surface area contributed by atoms with Crippen molar-refractivity contribution in [3.63, 3.8) is 0 Å². The average molecular weight is 777 g/mol. The Bertz CT molecular complexity index is 822. The van der Waals surface area contributed by atoms with Crippen LogP contribution in [0.3, 0.4) is 0 Å². The van der Waals surface area contributed by atoms with Gasteiger partial charge in [0.2, 0.25) is 0 Å². The van der Waals surface area contributed by atoms with E-state index < -0.39 is 13.9 Å². The van der Waals surface area contributed by atoms with Crippen LogP contribution in [0.2, 0.25) is 0 Å². The van der Waals surface area contributed by atoms with Crippen molar-refractivity contribution in [3.05, 3.63) is 0 Å². The molecule has 0 fully saturated rings. The SMILES string of the molecule is CCCCCCCCCCCCCCCCCCCC(=O)O[C@H](COCCCCCCCCCCCCCCCC)COP(=O)(O)OCC[N+](C)(C)C. The molecular weight excluding hydrogens is 685 g/mol. The molecule has 0 heterocycles. The van der Waals surface area contributed by atoms with Gasteiger partial charge in [0.05, 0.1) is 34.4 Å². The molecule has 0 aromatic carbocycles. The quantitative estimate of drug-likeness (QED) is 0.0285. The Hall–Kier alpha value is -0.500. The minimum atomic E-state index is -4.26. The molecule has 0 radical (unpaired) electrons. The number of rotatable bonds is 43. The minimum Gasteiger partial charge on any atom is -0.457 e. The van der Waals surface area contributed by atoms with E-state index in [1.165, 1.54) is 167 Å². The molecule has 0 amide bonds. The van der Waals surface area contributed by atoms with Gasteiger partial charge in [-0.05, 0) is 12.8 Å². The second-order valence-electron chi connectivity index (χ2n) is 16.8. The summed E-state index contributed by atoms with van der Waals surface area (Å²) < 4.78 is 35.0. The Morgan fingerprint density at radius 2 is 0.868 bits per heavy atom. The summed E-state index contributed by atoms with van der Waals surface area (Å²) in [6, 6.07) is 0. The maximum atomic E-state index is 12.7. The van der Waals surface area contributed by atoms with Crippen LogP contribution >= 0.6 is 7.82 Å². The van der Waals surface area contributed by atoms with Gasteiger partial charge in [-0.15, -0.1) is 0 Å². The summed E-state index contributed by atoms with van der Waals surface area (Å²) in [4.78, 5) is 22.9. The van der Waals surface area contributed by atoms with Crippen molar-refractivity contribution in [1.29, 1.82) is 0 Å². The number of carbonyl (C=O) groups excluding carboxylic acids is 1. The molecule has 8 nitrogen and oxygen atoms in total. The topological polar surface area (TPSA) is 91.3 Å². The molecule has 2 atom stereocenters. The van der Waals surface area contributed by atoms with E-state index in [9.17, 15) is 14.3 Å². The lowest BCUT2D eigenvalue weighted by atomic mass is 10.0. The third-order valence-electron chi connectivity index (χ3n) is 10.2. The molecule has 0 aromatic rings. The van der Waals surface area contributed by atoms with Crippen LogP contribution in [0.5, 0.6) is 0 Å². The first-order valence-electron chi connectivity index (χ1n) is 22.8. The number of nitrogens with zero attached hydrogens (tertiary/aromatic N) is 1. The number of ether oxygens (including phenoxy) is 2. The Morgan fingerprint density at radius 1 is 0.509 bits per heavy atom. The Balaban J connectivity index is 4.16. The predicted octanol–water partition coefficient (Wildman–Crippen LogP) is 13.3. The Morgan fingerprint density at radius 3 is 1.25 bits per heavy atom. The van der Waals surface area contributed by atoms with Gasteiger partial charge in [-0.1, -0.05) is 200 Å². The van der Waals surface area contributed by atoms with Gasteiger partial charge in [0.1, 0.15) is 19.3 Å². The van der Waals surface area contributed by atoms with E-state index in [2.05, 4.69) is 13.8 Å². The number of quaternary nitrogens is 1. The fourth-order valence-corrected chi connectivity index (χ4v) is 7.35. The molecular formula is C44H91NO7P+. The number of hydrogen-bond acceptors (Lipinski definition) is 6.